The third kappa shape index (κ3) is 2.83. The molecule has 0 aromatic heterocycles. The minimum atomic E-state index is -0.470. The van der Waals surface area contributed by atoms with Crippen LogP contribution in [0.15, 0.2) is 18.2 Å². The number of hydrogen-bond acceptors (Lipinski definition) is 3. The van der Waals surface area contributed by atoms with Gasteiger partial charge in [-0.3, -0.25) is 9.59 Å². The van der Waals surface area contributed by atoms with Gasteiger partial charge in [0.25, 0.3) is 5.91 Å². The number of carbonyl (C=O) groups is 2. The van der Waals surface area contributed by atoms with E-state index in [9.17, 15) is 9.59 Å². The maximum Gasteiger partial charge on any atom is 0.264 e. The molecule has 1 aromatic carbocycles. The summed E-state index contributed by atoms with van der Waals surface area (Å²) < 4.78 is 5.72. The molecule has 2 aliphatic rings. The van der Waals surface area contributed by atoms with Crippen molar-refractivity contribution in [1.29, 1.82) is 0 Å². The van der Waals surface area contributed by atoms with E-state index < -0.39 is 6.10 Å². The highest BCUT2D eigenvalue weighted by Crippen LogP contribution is 2.31. The zero-order chi connectivity index (χ0) is 15.0. The molecule has 0 aliphatic carbocycles. The summed E-state index contributed by atoms with van der Waals surface area (Å²) in [6.07, 6.45) is 0.0871. The summed E-state index contributed by atoms with van der Waals surface area (Å²) in [5.74, 6) is 0.784. The summed E-state index contributed by atoms with van der Waals surface area (Å²) in [6, 6.07) is 5.41. The Morgan fingerprint density at radius 1 is 1.19 bits per heavy atom. The topological polar surface area (TPSA) is 49.9 Å². The van der Waals surface area contributed by atoms with Crippen molar-refractivity contribution in [3.63, 3.8) is 0 Å². The van der Waals surface area contributed by atoms with Crippen molar-refractivity contribution >= 4 is 23.4 Å². The number of carbonyl (C=O) groups excluding carboxylic acids is 2. The second-order valence-corrected chi connectivity index (χ2v) is 5.83. The zero-order valence-corrected chi connectivity index (χ0v) is 12.6. The number of rotatable bonds is 1. The molecule has 2 aliphatic heterocycles. The van der Waals surface area contributed by atoms with Gasteiger partial charge in [-0.1, -0.05) is 11.6 Å². The molecule has 21 heavy (non-hydrogen) atoms. The third-order valence-electron chi connectivity index (χ3n) is 4.01. The summed E-state index contributed by atoms with van der Waals surface area (Å²) in [4.78, 5) is 27.3. The molecule has 3 rings (SSSR count). The highest BCUT2D eigenvalue weighted by atomic mass is 35.5. The van der Waals surface area contributed by atoms with Gasteiger partial charge in [-0.25, -0.2) is 0 Å². The maximum absolute atomic E-state index is 12.5. The van der Waals surface area contributed by atoms with Crippen molar-refractivity contribution < 1.29 is 14.3 Å². The van der Waals surface area contributed by atoms with E-state index in [1.54, 1.807) is 28.9 Å². The van der Waals surface area contributed by atoms with Crippen LogP contribution < -0.4 is 4.74 Å². The SMILES string of the molecule is CC(=O)N1CCN(C(=O)C2Cc3cc(Cl)ccc3O2)CC1. The minimum absolute atomic E-state index is 0.00877. The zero-order valence-electron chi connectivity index (χ0n) is 11.8. The van der Waals surface area contributed by atoms with Crippen LogP contribution in [0.25, 0.3) is 0 Å². The molecule has 1 fully saturated rings. The van der Waals surface area contributed by atoms with Gasteiger partial charge in [-0.15, -0.1) is 0 Å². The fourth-order valence-electron chi connectivity index (χ4n) is 2.80. The molecule has 0 N–H and O–H groups in total. The van der Waals surface area contributed by atoms with Crippen LogP contribution in [-0.4, -0.2) is 53.9 Å². The summed E-state index contributed by atoms with van der Waals surface area (Å²) in [5.41, 5.74) is 0.975. The molecule has 1 aromatic rings. The number of nitrogens with zero attached hydrogens (tertiary/aromatic N) is 2. The van der Waals surface area contributed by atoms with Gasteiger partial charge in [-0.05, 0) is 23.8 Å². The van der Waals surface area contributed by atoms with E-state index in [2.05, 4.69) is 0 Å². The summed E-state index contributed by atoms with van der Waals surface area (Å²) in [7, 11) is 0. The van der Waals surface area contributed by atoms with Gasteiger partial charge >= 0.3 is 0 Å². The predicted octanol–water partition coefficient (Wildman–Crippen LogP) is 1.33. The van der Waals surface area contributed by atoms with E-state index in [0.717, 1.165) is 11.3 Å². The van der Waals surface area contributed by atoms with E-state index >= 15 is 0 Å². The van der Waals surface area contributed by atoms with Crippen molar-refractivity contribution in [2.75, 3.05) is 26.2 Å². The summed E-state index contributed by atoms with van der Waals surface area (Å²) in [5, 5.41) is 0.653. The highest BCUT2D eigenvalue weighted by Gasteiger charge is 2.34. The molecular formula is C15H17ClN2O3. The normalized spacial score (nSPS) is 21.0. The van der Waals surface area contributed by atoms with Crippen molar-refractivity contribution in [1.82, 2.24) is 9.80 Å². The van der Waals surface area contributed by atoms with Crippen molar-refractivity contribution in [3.05, 3.63) is 28.8 Å². The first-order valence-corrected chi connectivity index (χ1v) is 7.42. The molecule has 0 spiro atoms. The Morgan fingerprint density at radius 3 is 2.52 bits per heavy atom. The number of amides is 2. The van der Waals surface area contributed by atoms with Crippen LogP contribution in [0.2, 0.25) is 5.02 Å². The average molecular weight is 309 g/mol. The lowest BCUT2D eigenvalue weighted by molar-refractivity contribution is -0.143. The first kappa shape index (κ1) is 14.2. The van der Waals surface area contributed by atoms with Crippen LogP contribution in [0.3, 0.4) is 0 Å². The Kier molecular flexibility index (Phi) is 3.76. The van der Waals surface area contributed by atoms with Crippen LogP contribution in [0.5, 0.6) is 5.75 Å². The van der Waals surface area contributed by atoms with Crippen molar-refractivity contribution in [2.24, 2.45) is 0 Å². The first-order valence-electron chi connectivity index (χ1n) is 7.04. The van der Waals surface area contributed by atoms with Gasteiger partial charge in [0, 0.05) is 44.5 Å². The molecule has 5 nitrogen and oxygen atoms in total. The van der Waals surface area contributed by atoms with Crippen LogP contribution >= 0.6 is 11.6 Å². The Hall–Kier alpha value is -1.75. The van der Waals surface area contributed by atoms with Gasteiger partial charge in [-0.2, -0.15) is 0 Å². The van der Waals surface area contributed by atoms with Crippen LogP contribution in [0.1, 0.15) is 12.5 Å². The molecule has 0 radical (unpaired) electrons. The molecule has 0 bridgehead atoms. The van der Waals surface area contributed by atoms with Crippen LogP contribution in [0, 0.1) is 0 Å². The molecule has 1 unspecified atom stereocenters. The summed E-state index contributed by atoms with van der Waals surface area (Å²) in [6.45, 7) is 3.86. The van der Waals surface area contributed by atoms with Crippen molar-refractivity contribution in [2.45, 2.75) is 19.4 Å². The Morgan fingerprint density at radius 2 is 1.86 bits per heavy atom. The second kappa shape index (κ2) is 5.56. The number of benzene rings is 1. The standard InChI is InChI=1S/C15H17ClN2O3/c1-10(19)17-4-6-18(7-5-17)15(20)14-9-11-8-12(16)2-3-13(11)21-14/h2-3,8,14H,4-7,9H2,1H3. The molecule has 112 valence electrons. The first-order chi connectivity index (χ1) is 10.0. The lowest BCUT2D eigenvalue weighted by Crippen LogP contribution is -2.53. The molecule has 2 amide bonds. The Bertz CT molecular complexity index is 582. The predicted molar refractivity (Wildman–Crippen MR) is 78.4 cm³/mol. The van der Waals surface area contributed by atoms with E-state index in [1.165, 1.54) is 0 Å². The number of ether oxygens (including phenoxy) is 1. The van der Waals surface area contributed by atoms with Gasteiger partial charge in [0.05, 0.1) is 0 Å². The molecular weight excluding hydrogens is 292 g/mol. The second-order valence-electron chi connectivity index (χ2n) is 5.39. The largest absolute Gasteiger partial charge is 0.480 e. The van der Waals surface area contributed by atoms with Gasteiger partial charge < -0.3 is 14.5 Å². The molecule has 6 heteroatoms. The Labute approximate surface area is 128 Å². The summed E-state index contributed by atoms with van der Waals surface area (Å²) >= 11 is 5.96. The number of fused-ring (bicyclic) bond motifs is 1. The quantitative estimate of drug-likeness (QED) is 0.786. The van der Waals surface area contributed by atoms with Gasteiger partial charge in [0.1, 0.15) is 5.75 Å². The minimum Gasteiger partial charge on any atom is -0.480 e. The number of hydrogen-bond donors (Lipinski definition) is 0. The van der Waals surface area contributed by atoms with Gasteiger partial charge in [0.15, 0.2) is 6.10 Å². The fraction of sp³-hybridized carbons (Fsp3) is 0.467. The van der Waals surface area contributed by atoms with Crippen molar-refractivity contribution in [3.8, 4) is 5.75 Å². The smallest absolute Gasteiger partial charge is 0.264 e. The molecule has 1 atom stereocenters. The molecule has 2 heterocycles. The lowest BCUT2D eigenvalue weighted by Gasteiger charge is -2.35. The van der Waals surface area contributed by atoms with Crippen LogP contribution in [0.4, 0.5) is 0 Å². The lowest BCUT2D eigenvalue weighted by atomic mass is 10.1. The third-order valence-corrected chi connectivity index (χ3v) is 4.24. The maximum atomic E-state index is 12.5. The van der Waals surface area contributed by atoms with E-state index in [1.807, 2.05) is 6.07 Å². The monoisotopic (exact) mass is 308 g/mol. The number of piperazine rings is 1. The number of halogens is 1. The van der Waals surface area contributed by atoms with E-state index in [4.69, 9.17) is 16.3 Å². The van der Waals surface area contributed by atoms with E-state index in [0.29, 0.717) is 37.6 Å². The van der Waals surface area contributed by atoms with E-state index in [-0.39, 0.29) is 11.8 Å². The Balaban J connectivity index is 1.62. The van der Waals surface area contributed by atoms with Gasteiger partial charge in [0.2, 0.25) is 5.91 Å². The fourth-order valence-corrected chi connectivity index (χ4v) is 2.99. The average Bonchev–Trinajstić information content (AvgIpc) is 2.89. The van der Waals surface area contributed by atoms with Crippen LogP contribution in [-0.2, 0) is 16.0 Å². The highest BCUT2D eigenvalue weighted by molar-refractivity contribution is 6.30. The molecule has 0 saturated carbocycles. The molecule has 1 saturated heterocycles.